The van der Waals surface area contributed by atoms with Crippen LogP contribution in [0, 0.1) is 16.0 Å². The molecule has 0 aromatic heterocycles. The Labute approximate surface area is 113 Å². The number of carbonyl (C=O) groups excluding carboxylic acids is 1. The number of hydrogen-bond donors (Lipinski definition) is 2. The van der Waals surface area contributed by atoms with E-state index in [4.69, 9.17) is 10.2 Å². The molecule has 9 heteroatoms. The zero-order valence-electron chi connectivity index (χ0n) is 9.07. The lowest BCUT2D eigenvalue weighted by Gasteiger charge is -2.07. The fourth-order valence-electron chi connectivity index (χ4n) is 1.35. The molecule has 0 unspecified atom stereocenters. The van der Waals surface area contributed by atoms with Crippen molar-refractivity contribution in [3.63, 3.8) is 0 Å². The molecule has 0 aliphatic rings. The van der Waals surface area contributed by atoms with Crippen molar-refractivity contribution in [2.24, 2.45) is 5.92 Å². The van der Waals surface area contributed by atoms with Crippen molar-refractivity contribution < 1.29 is 29.5 Å². The fourth-order valence-corrected chi connectivity index (χ4v) is 1.70. The van der Waals surface area contributed by atoms with Gasteiger partial charge in [-0.3, -0.25) is 24.5 Å². The molecule has 0 aliphatic carbocycles. The van der Waals surface area contributed by atoms with E-state index in [0.29, 0.717) is 4.47 Å². The van der Waals surface area contributed by atoms with E-state index in [1.54, 1.807) is 0 Å². The van der Waals surface area contributed by atoms with E-state index in [-0.39, 0.29) is 0 Å². The van der Waals surface area contributed by atoms with Crippen molar-refractivity contribution in [2.75, 3.05) is 0 Å². The third-order valence-corrected chi connectivity index (χ3v) is 2.67. The van der Waals surface area contributed by atoms with Gasteiger partial charge in [0.2, 0.25) is 5.92 Å². The summed E-state index contributed by atoms with van der Waals surface area (Å²) in [6.45, 7) is 0. The smallest absolute Gasteiger partial charge is 0.325 e. The van der Waals surface area contributed by atoms with E-state index in [9.17, 15) is 24.5 Å². The number of carboxylic acid groups (broad SMARTS) is 2. The lowest BCUT2D eigenvalue weighted by atomic mass is 9.96. The molecule has 0 fully saturated rings. The Kier molecular flexibility index (Phi) is 4.33. The summed E-state index contributed by atoms with van der Waals surface area (Å²) in [6.07, 6.45) is 0. The first-order valence-electron chi connectivity index (χ1n) is 4.69. The minimum absolute atomic E-state index is 0.304. The molecular weight excluding hydrogens is 326 g/mol. The third kappa shape index (κ3) is 3.13. The predicted octanol–water partition coefficient (Wildman–Crippen LogP) is 1.33. The van der Waals surface area contributed by atoms with Crippen molar-refractivity contribution >= 4 is 39.3 Å². The van der Waals surface area contributed by atoms with Crippen molar-refractivity contribution in [2.45, 2.75) is 0 Å². The molecule has 1 rings (SSSR count). The third-order valence-electron chi connectivity index (χ3n) is 2.18. The highest BCUT2D eigenvalue weighted by Gasteiger charge is 2.37. The molecule has 0 saturated carbocycles. The number of ketones is 1. The van der Waals surface area contributed by atoms with Crippen LogP contribution in [-0.2, 0) is 9.59 Å². The summed E-state index contributed by atoms with van der Waals surface area (Å²) in [5.41, 5.74) is -1.23. The second kappa shape index (κ2) is 5.57. The van der Waals surface area contributed by atoms with E-state index < -0.39 is 39.8 Å². The molecule has 0 atom stereocenters. The van der Waals surface area contributed by atoms with Crippen LogP contribution >= 0.6 is 15.9 Å². The van der Waals surface area contributed by atoms with Crippen LogP contribution in [0.5, 0.6) is 0 Å². The lowest BCUT2D eigenvalue weighted by molar-refractivity contribution is -0.385. The Morgan fingerprint density at radius 1 is 1.21 bits per heavy atom. The molecule has 0 spiro atoms. The van der Waals surface area contributed by atoms with Crippen LogP contribution in [0.25, 0.3) is 0 Å². The number of halogens is 1. The second-order valence-electron chi connectivity index (χ2n) is 3.39. The van der Waals surface area contributed by atoms with Crippen LogP contribution in [0.3, 0.4) is 0 Å². The Hall–Kier alpha value is -2.29. The standard InChI is InChI=1S/C10H6BrNO7/c11-4-1-2-5(6(3-4)12(18)19)8(13)7(9(14)15)10(16)17/h1-3,7H,(H,14,15)(H,16,17). The minimum atomic E-state index is -2.38. The maximum absolute atomic E-state index is 11.8. The van der Waals surface area contributed by atoms with Gasteiger partial charge in [0, 0.05) is 10.5 Å². The quantitative estimate of drug-likeness (QED) is 0.359. The highest BCUT2D eigenvalue weighted by molar-refractivity contribution is 9.10. The first-order valence-corrected chi connectivity index (χ1v) is 5.48. The fraction of sp³-hybridized carbons (Fsp3) is 0.100. The Morgan fingerprint density at radius 3 is 2.16 bits per heavy atom. The number of nitrogens with zero attached hydrogens (tertiary/aromatic N) is 1. The molecule has 8 nitrogen and oxygen atoms in total. The summed E-state index contributed by atoms with van der Waals surface area (Å²) in [4.78, 5) is 43.1. The van der Waals surface area contributed by atoms with Gasteiger partial charge in [0.15, 0.2) is 5.78 Å². The van der Waals surface area contributed by atoms with Gasteiger partial charge in [-0.25, -0.2) is 0 Å². The molecule has 19 heavy (non-hydrogen) atoms. The summed E-state index contributed by atoms with van der Waals surface area (Å²) >= 11 is 2.96. The number of rotatable bonds is 5. The predicted molar refractivity (Wildman–Crippen MR) is 63.9 cm³/mol. The number of benzene rings is 1. The SMILES string of the molecule is O=C(O)C(C(=O)O)C(=O)c1ccc(Br)cc1[N+](=O)[O-]. The van der Waals surface area contributed by atoms with Crippen molar-refractivity contribution in [3.8, 4) is 0 Å². The van der Waals surface area contributed by atoms with Gasteiger partial charge in [-0.2, -0.15) is 0 Å². The van der Waals surface area contributed by atoms with Gasteiger partial charge in [0.05, 0.1) is 10.5 Å². The number of nitro benzene ring substituents is 1. The second-order valence-corrected chi connectivity index (χ2v) is 4.31. The zero-order chi connectivity index (χ0) is 14.7. The molecule has 0 bridgehead atoms. The summed E-state index contributed by atoms with van der Waals surface area (Å²) in [5.74, 6) is -7.48. The molecule has 0 amide bonds. The van der Waals surface area contributed by atoms with E-state index in [2.05, 4.69) is 15.9 Å². The van der Waals surface area contributed by atoms with Gasteiger partial charge in [-0.15, -0.1) is 0 Å². The highest BCUT2D eigenvalue weighted by atomic mass is 79.9. The number of nitro groups is 1. The monoisotopic (exact) mass is 331 g/mol. The van der Waals surface area contributed by atoms with Crippen LogP contribution in [0.2, 0.25) is 0 Å². The van der Waals surface area contributed by atoms with Gasteiger partial charge in [0.1, 0.15) is 0 Å². The Morgan fingerprint density at radius 2 is 1.74 bits per heavy atom. The first kappa shape index (κ1) is 14.8. The molecule has 0 saturated heterocycles. The Bertz CT molecular complexity index is 569. The van der Waals surface area contributed by atoms with Gasteiger partial charge in [-0.1, -0.05) is 15.9 Å². The lowest BCUT2D eigenvalue weighted by Crippen LogP contribution is -2.32. The molecule has 2 N–H and O–H groups in total. The number of carbonyl (C=O) groups is 3. The van der Waals surface area contributed by atoms with Gasteiger partial charge >= 0.3 is 11.9 Å². The van der Waals surface area contributed by atoms with Crippen LogP contribution in [0.15, 0.2) is 22.7 Å². The Balaban J connectivity index is 3.37. The van der Waals surface area contributed by atoms with Gasteiger partial charge in [-0.05, 0) is 12.1 Å². The average Bonchev–Trinajstić information content (AvgIpc) is 2.27. The molecule has 1 aromatic rings. The van der Waals surface area contributed by atoms with Crippen molar-refractivity contribution in [1.29, 1.82) is 0 Å². The summed E-state index contributed by atoms with van der Waals surface area (Å²) in [5, 5.41) is 28.1. The minimum Gasteiger partial charge on any atom is -0.480 e. The number of Topliss-reactive ketones (excluding diaryl/α,β-unsaturated/α-hetero) is 1. The van der Waals surface area contributed by atoms with Crippen molar-refractivity contribution in [1.82, 2.24) is 0 Å². The molecule has 0 aliphatic heterocycles. The van der Waals surface area contributed by atoms with Crippen LogP contribution < -0.4 is 0 Å². The molecular formula is C10H6BrNO7. The first-order chi connectivity index (χ1) is 8.75. The largest absolute Gasteiger partial charge is 0.480 e. The number of carboxylic acids is 2. The summed E-state index contributed by atoms with van der Waals surface area (Å²) < 4.78 is 0.304. The van der Waals surface area contributed by atoms with Crippen molar-refractivity contribution in [3.05, 3.63) is 38.3 Å². The topological polar surface area (TPSA) is 135 Å². The maximum atomic E-state index is 11.8. The zero-order valence-corrected chi connectivity index (χ0v) is 10.7. The van der Waals surface area contributed by atoms with Gasteiger partial charge in [0.25, 0.3) is 5.69 Å². The number of hydrogen-bond acceptors (Lipinski definition) is 5. The average molecular weight is 332 g/mol. The number of aliphatic carboxylic acids is 2. The molecule has 100 valence electrons. The molecule has 1 aromatic carbocycles. The molecule has 0 radical (unpaired) electrons. The normalized spacial score (nSPS) is 10.2. The highest BCUT2D eigenvalue weighted by Crippen LogP contribution is 2.26. The van der Waals surface area contributed by atoms with E-state index in [1.807, 2.05) is 0 Å². The van der Waals surface area contributed by atoms with E-state index in [0.717, 1.165) is 12.1 Å². The van der Waals surface area contributed by atoms with Crippen LogP contribution in [0.4, 0.5) is 5.69 Å². The van der Waals surface area contributed by atoms with Crippen LogP contribution in [-0.4, -0.2) is 32.9 Å². The summed E-state index contributed by atoms with van der Waals surface area (Å²) in [6, 6.07) is 3.28. The van der Waals surface area contributed by atoms with E-state index >= 15 is 0 Å². The van der Waals surface area contributed by atoms with E-state index in [1.165, 1.54) is 6.07 Å². The maximum Gasteiger partial charge on any atom is 0.325 e. The van der Waals surface area contributed by atoms with Crippen LogP contribution in [0.1, 0.15) is 10.4 Å². The summed E-state index contributed by atoms with van der Waals surface area (Å²) in [7, 11) is 0. The molecule has 0 heterocycles. The van der Waals surface area contributed by atoms with Gasteiger partial charge < -0.3 is 10.2 Å².